The molecule has 5 nitrogen and oxygen atoms in total. The van der Waals surface area contributed by atoms with Crippen LogP contribution in [0.15, 0.2) is 53.0 Å². The molecule has 0 unspecified atom stereocenters. The molecule has 6 heteroatoms. The standard InChI is InChI=1S/C22H24BrN3O2/c23-17-7-5-8-18(14-17)24-20(27)15-26-13-10-16-6-1-2-9-19(16)21(26)22(28)25-11-3-4-12-25/h1-2,5-9,14,21H,3-4,10-13,15H2,(H,24,27)/t21-/m1/s1. The van der Waals surface area contributed by atoms with E-state index in [1.54, 1.807) is 0 Å². The van der Waals surface area contributed by atoms with Crippen LogP contribution in [0.3, 0.4) is 0 Å². The highest BCUT2D eigenvalue weighted by atomic mass is 79.9. The molecule has 0 saturated carbocycles. The highest BCUT2D eigenvalue weighted by Gasteiger charge is 2.37. The maximum Gasteiger partial charge on any atom is 0.244 e. The smallest absolute Gasteiger partial charge is 0.244 e. The Morgan fingerprint density at radius 2 is 1.82 bits per heavy atom. The molecule has 1 saturated heterocycles. The van der Waals surface area contributed by atoms with Crippen molar-refractivity contribution in [2.45, 2.75) is 25.3 Å². The average molecular weight is 442 g/mol. The van der Waals surface area contributed by atoms with Crippen LogP contribution >= 0.6 is 15.9 Å². The van der Waals surface area contributed by atoms with Gasteiger partial charge in [-0.3, -0.25) is 14.5 Å². The van der Waals surface area contributed by atoms with Gasteiger partial charge in [-0.05, 0) is 48.6 Å². The first-order valence-corrected chi connectivity index (χ1v) is 10.6. The first kappa shape index (κ1) is 19.2. The Bertz CT molecular complexity index is 880. The minimum absolute atomic E-state index is 0.100. The molecule has 1 fully saturated rings. The molecule has 146 valence electrons. The molecule has 2 amide bonds. The Hall–Kier alpha value is -2.18. The van der Waals surface area contributed by atoms with E-state index >= 15 is 0 Å². The number of nitrogens with zero attached hydrogens (tertiary/aromatic N) is 2. The second kappa shape index (κ2) is 8.45. The van der Waals surface area contributed by atoms with Gasteiger partial charge in [0.2, 0.25) is 11.8 Å². The summed E-state index contributed by atoms with van der Waals surface area (Å²) < 4.78 is 0.916. The molecule has 2 heterocycles. The van der Waals surface area contributed by atoms with Crippen LogP contribution in [0.25, 0.3) is 0 Å². The van der Waals surface area contributed by atoms with Crippen LogP contribution in [-0.4, -0.2) is 47.8 Å². The van der Waals surface area contributed by atoms with Crippen LogP contribution < -0.4 is 5.32 Å². The van der Waals surface area contributed by atoms with E-state index in [1.807, 2.05) is 52.3 Å². The van der Waals surface area contributed by atoms with Crippen molar-refractivity contribution in [3.05, 3.63) is 64.1 Å². The van der Waals surface area contributed by atoms with Crippen LogP contribution in [0.1, 0.15) is 30.0 Å². The van der Waals surface area contributed by atoms with E-state index in [0.29, 0.717) is 6.54 Å². The molecule has 2 aromatic rings. The topological polar surface area (TPSA) is 52.7 Å². The molecular formula is C22H24BrN3O2. The van der Waals surface area contributed by atoms with Crippen molar-refractivity contribution in [1.29, 1.82) is 0 Å². The van der Waals surface area contributed by atoms with Gasteiger partial charge in [-0.2, -0.15) is 0 Å². The fraction of sp³-hybridized carbons (Fsp3) is 0.364. The Morgan fingerprint density at radius 1 is 1.04 bits per heavy atom. The summed E-state index contributed by atoms with van der Waals surface area (Å²) in [5.41, 5.74) is 3.00. The lowest BCUT2D eigenvalue weighted by Crippen LogP contribution is -2.47. The maximum atomic E-state index is 13.3. The number of anilines is 1. The van der Waals surface area contributed by atoms with Gasteiger partial charge in [0, 0.05) is 29.8 Å². The molecule has 0 bridgehead atoms. The Labute approximate surface area is 173 Å². The normalized spacial score (nSPS) is 19.3. The summed E-state index contributed by atoms with van der Waals surface area (Å²) in [5.74, 6) is 0.0246. The molecule has 28 heavy (non-hydrogen) atoms. The molecule has 1 N–H and O–H groups in total. The van der Waals surface area contributed by atoms with E-state index in [4.69, 9.17) is 0 Å². The minimum atomic E-state index is -0.378. The van der Waals surface area contributed by atoms with E-state index < -0.39 is 0 Å². The number of carbonyl (C=O) groups is 2. The van der Waals surface area contributed by atoms with Crippen molar-refractivity contribution >= 4 is 33.4 Å². The van der Waals surface area contributed by atoms with Gasteiger partial charge >= 0.3 is 0 Å². The summed E-state index contributed by atoms with van der Waals surface area (Å²) in [4.78, 5) is 30.0. The van der Waals surface area contributed by atoms with E-state index in [0.717, 1.165) is 48.1 Å². The second-order valence-electron chi connectivity index (χ2n) is 7.41. The number of hydrogen-bond donors (Lipinski definition) is 1. The quantitative estimate of drug-likeness (QED) is 0.788. The number of carbonyl (C=O) groups excluding carboxylic acids is 2. The lowest BCUT2D eigenvalue weighted by Gasteiger charge is -2.37. The number of nitrogens with one attached hydrogen (secondary N) is 1. The third-order valence-electron chi connectivity index (χ3n) is 5.49. The number of rotatable bonds is 4. The number of fused-ring (bicyclic) bond motifs is 1. The van der Waals surface area contributed by atoms with E-state index in [1.165, 1.54) is 5.56 Å². The number of halogens is 1. The van der Waals surface area contributed by atoms with Crippen molar-refractivity contribution in [2.75, 3.05) is 31.5 Å². The van der Waals surface area contributed by atoms with Crippen molar-refractivity contribution < 1.29 is 9.59 Å². The van der Waals surface area contributed by atoms with Crippen LogP contribution in [0.5, 0.6) is 0 Å². The van der Waals surface area contributed by atoms with Gasteiger partial charge in [-0.15, -0.1) is 0 Å². The Balaban J connectivity index is 1.54. The third-order valence-corrected chi connectivity index (χ3v) is 5.98. The molecule has 2 aliphatic heterocycles. The van der Waals surface area contributed by atoms with Crippen molar-refractivity contribution in [2.24, 2.45) is 0 Å². The summed E-state index contributed by atoms with van der Waals surface area (Å²) in [6, 6.07) is 15.3. The summed E-state index contributed by atoms with van der Waals surface area (Å²) in [6.07, 6.45) is 2.97. The molecule has 4 rings (SSSR count). The van der Waals surface area contributed by atoms with Gasteiger partial charge in [0.1, 0.15) is 6.04 Å². The zero-order chi connectivity index (χ0) is 19.5. The van der Waals surface area contributed by atoms with Crippen LogP contribution in [0.2, 0.25) is 0 Å². The largest absolute Gasteiger partial charge is 0.341 e. The number of benzene rings is 2. The fourth-order valence-electron chi connectivity index (χ4n) is 4.14. The van der Waals surface area contributed by atoms with Gasteiger partial charge in [-0.25, -0.2) is 0 Å². The maximum absolute atomic E-state index is 13.3. The first-order valence-electron chi connectivity index (χ1n) is 9.78. The molecule has 0 spiro atoms. The first-order chi connectivity index (χ1) is 13.6. The van der Waals surface area contributed by atoms with Gasteiger partial charge in [0.15, 0.2) is 0 Å². The Morgan fingerprint density at radius 3 is 2.61 bits per heavy atom. The molecule has 0 aliphatic carbocycles. The van der Waals surface area contributed by atoms with Gasteiger partial charge in [0.25, 0.3) is 0 Å². The number of hydrogen-bond acceptors (Lipinski definition) is 3. The van der Waals surface area contributed by atoms with E-state index in [9.17, 15) is 9.59 Å². The SMILES string of the molecule is O=C(CN1CCc2ccccc2[C@@H]1C(=O)N1CCCC1)Nc1cccc(Br)c1. The molecule has 0 radical (unpaired) electrons. The second-order valence-corrected chi connectivity index (χ2v) is 8.33. The summed E-state index contributed by atoms with van der Waals surface area (Å²) in [6.45, 7) is 2.53. The average Bonchev–Trinajstić information content (AvgIpc) is 3.22. The fourth-order valence-corrected chi connectivity index (χ4v) is 4.54. The molecule has 1 atom stereocenters. The van der Waals surface area contributed by atoms with Crippen LogP contribution in [-0.2, 0) is 16.0 Å². The highest BCUT2D eigenvalue weighted by molar-refractivity contribution is 9.10. The molecule has 0 aromatic heterocycles. The number of amides is 2. The van der Waals surface area contributed by atoms with Crippen LogP contribution in [0.4, 0.5) is 5.69 Å². The van der Waals surface area contributed by atoms with Crippen molar-refractivity contribution in [3.8, 4) is 0 Å². The summed E-state index contributed by atoms with van der Waals surface area (Å²) >= 11 is 3.42. The summed E-state index contributed by atoms with van der Waals surface area (Å²) in [5, 5.41) is 2.95. The lowest BCUT2D eigenvalue weighted by molar-refractivity contribution is -0.137. The van der Waals surface area contributed by atoms with Crippen LogP contribution in [0, 0.1) is 0 Å². The van der Waals surface area contributed by atoms with Gasteiger partial charge in [-0.1, -0.05) is 46.3 Å². The van der Waals surface area contributed by atoms with E-state index in [-0.39, 0.29) is 24.4 Å². The van der Waals surface area contributed by atoms with Gasteiger partial charge in [0.05, 0.1) is 6.54 Å². The third kappa shape index (κ3) is 4.13. The molecular weight excluding hydrogens is 418 g/mol. The predicted octanol–water partition coefficient (Wildman–Crippen LogP) is 3.61. The predicted molar refractivity (Wildman–Crippen MR) is 113 cm³/mol. The Kier molecular flexibility index (Phi) is 5.78. The lowest BCUT2D eigenvalue weighted by atomic mass is 9.91. The van der Waals surface area contributed by atoms with E-state index in [2.05, 4.69) is 27.3 Å². The minimum Gasteiger partial charge on any atom is -0.341 e. The zero-order valence-electron chi connectivity index (χ0n) is 15.7. The van der Waals surface area contributed by atoms with Crippen molar-refractivity contribution in [3.63, 3.8) is 0 Å². The van der Waals surface area contributed by atoms with Crippen molar-refractivity contribution in [1.82, 2.24) is 9.80 Å². The monoisotopic (exact) mass is 441 g/mol. The zero-order valence-corrected chi connectivity index (χ0v) is 17.3. The molecule has 2 aliphatic rings. The molecule has 2 aromatic carbocycles. The highest BCUT2D eigenvalue weighted by Crippen LogP contribution is 2.32. The summed E-state index contributed by atoms with van der Waals surface area (Å²) in [7, 11) is 0. The number of likely N-dealkylation sites (tertiary alicyclic amines) is 1. The van der Waals surface area contributed by atoms with Gasteiger partial charge < -0.3 is 10.2 Å².